The number of aromatic nitrogens is 1. The van der Waals surface area contributed by atoms with Gasteiger partial charge >= 0.3 is 0 Å². The summed E-state index contributed by atoms with van der Waals surface area (Å²) in [6.07, 6.45) is 3.10. The van der Waals surface area contributed by atoms with Crippen molar-refractivity contribution < 1.29 is 9.59 Å². The quantitative estimate of drug-likeness (QED) is 0.311. The molecule has 0 spiro atoms. The molecule has 2 heterocycles. The fourth-order valence-corrected chi connectivity index (χ4v) is 4.68. The lowest BCUT2D eigenvalue weighted by Gasteiger charge is -2.30. The third-order valence-electron chi connectivity index (χ3n) is 4.43. The lowest BCUT2D eigenvalue weighted by molar-refractivity contribution is -0.139. The maximum absolute atomic E-state index is 12.8. The molecule has 0 aliphatic carbocycles. The van der Waals surface area contributed by atoms with E-state index in [4.69, 9.17) is 11.1 Å². The molecule has 2 amide bonds. The molecule has 1 saturated heterocycles. The van der Waals surface area contributed by atoms with Crippen molar-refractivity contribution in [1.82, 2.24) is 20.2 Å². The third-order valence-corrected chi connectivity index (χ3v) is 5.72. The van der Waals surface area contributed by atoms with Crippen molar-refractivity contribution in [1.29, 1.82) is 5.41 Å². The number of nitrogens with zero attached hydrogens (tertiary/aromatic N) is 2. The summed E-state index contributed by atoms with van der Waals surface area (Å²) in [6, 6.07) is 2.72. The summed E-state index contributed by atoms with van der Waals surface area (Å²) in [4.78, 5) is 34.6. The van der Waals surface area contributed by atoms with Crippen LogP contribution in [-0.2, 0) is 16.1 Å². The first kappa shape index (κ1) is 21.0. The number of amidine groups is 1. The van der Waals surface area contributed by atoms with Gasteiger partial charge in [0.15, 0.2) is 0 Å². The number of nitrogens with two attached hydrogens (primary N) is 1. The minimum absolute atomic E-state index is 0.0115. The van der Waals surface area contributed by atoms with E-state index in [0.717, 1.165) is 12.0 Å². The van der Waals surface area contributed by atoms with Gasteiger partial charge in [0, 0.05) is 19.3 Å². The summed E-state index contributed by atoms with van der Waals surface area (Å²) >= 11 is 0. The van der Waals surface area contributed by atoms with Crippen LogP contribution in [0.25, 0.3) is 0 Å². The Hall–Kier alpha value is -2.26. The molecule has 1 aromatic heterocycles. The van der Waals surface area contributed by atoms with Gasteiger partial charge in [0.25, 0.3) is 0 Å². The van der Waals surface area contributed by atoms with Gasteiger partial charge in [-0.15, -0.1) is 0 Å². The van der Waals surface area contributed by atoms with Gasteiger partial charge in [0.1, 0.15) is 25.8 Å². The first-order chi connectivity index (χ1) is 12.6. The van der Waals surface area contributed by atoms with E-state index in [1.807, 2.05) is 6.92 Å². The molecule has 27 heavy (non-hydrogen) atoms. The Kier molecular flexibility index (Phi) is 6.72. The van der Waals surface area contributed by atoms with E-state index >= 15 is 0 Å². The summed E-state index contributed by atoms with van der Waals surface area (Å²) in [5.74, 6) is -0.244. The number of nitrogens with one attached hydrogen (secondary N) is 3. The molecule has 1 aliphatic heterocycles. The number of rotatable bonds is 7. The SMILES string of the molecule is CC(N[Si](C)(C)C)C(=O)N1CCC[C@H]1C(=O)NCc1ccc(C(=N)N)nc1. The topological polar surface area (TPSA) is 124 Å². The van der Waals surface area contributed by atoms with Crippen LogP contribution >= 0.6 is 0 Å². The van der Waals surface area contributed by atoms with Crippen molar-refractivity contribution >= 4 is 25.9 Å². The second-order valence-corrected chi connectivity index (χ2v) is 12.8. The van der Waals surface area contributed by atoms with Gasteiger partial charge in [-0.2, -0.15) is 0 Å². The van der Waals surface area contributed by atoms with E-state index in [9.17, 15) is 9.59 Å². The minimum Gasteiger partial charge on any atom is -0.382 e. The Morgan fingerprint density at radius 1 is 1.41 bits per heavy atom. The van der Waals surface area contributed by atoms with E-state index in [1.54, 1.807) is 23.2 Å². The summed E-state index contributed by atoms with van der Waals surface area (Å²) < 4.78 is 0. The summed E-state index contributed by atoms with van der Waals surface area (Å²) in [6.45, 7) is 9.26. The second-order valence-electron chi connectivity index (χ2n) is 7.99. The van der Waals surface area contributed by atoms with Crippen LogP contribution in [0, 0.1) is 5.41 Å². The maximum atomic E-state index is 12.8. The Labute approximate surface area is 161 Å². The number of likely N-dealkylation sites (tertiary alicyclic amines) is 1. The lowest BCUT2D eigenvalue weighted by Crippen LogP contribution is -2.56. The van der Waals surface area contributed by atoms with Crippen molar-refractivity contribution in [2.45, 2.75) is 58.0 Å². The molecule has 1 aromatic rings. The van der Waals surface area contributed by atoms with E-state index in [0.29, 0.717) is 25.2 Å². The van der Waals surface area contributed by atoms with Gasteiger partial charge in [0.05, 0.1) is 6.04 Å². The molecule has 2 atom stereocenters. The molecular formula is C18H30N6O2Si. The van der Waals surface area contributed by atoms with Crippen LogP contribution in [0.5, 0.6) is 0 Å². The number of nitrogen functional groups attached to an aromatic ring is 1. The Morgan fingerprint density at radius 2 is 2.11 bits per heavy atom. The number of carbonyl (C=O) groups excluding carboxylic acids is 2. The molecule has 0 saturated carbocycles. The fourth-order valence-electron chi connectivity index (χ4n) is 3.26. The summed E-state index contributed by atoms with van der Waals surface area (Å²) in [5, 5.41) is 10.2. The molecule has 0 bridgehead atoms. The molecule has 148 valence electrons. The van der Waals surface area contributed by atoms with Gasteiger partial charge in [-0.1, -0.05) is 25.7 Å². The predicted octanol–water partition coefficient (Wildman–Crippen LogP) is 0.786. The molecule has 0 radical (unpaired) electrons. The highest BCUT2D eigenvalue weighted by atomic mass is 28.3. The lowest BCUT2D eigenvalue weighted by atomic mass is 10.2. The average molecular weight is 391 g/mol. The van der Waals surface area contributed by atoms with Crippen molar-refractivity contribution in [3.63, 3.8) is 0 Å². The van der Waals surface area contributed by atoms with Crippen LogP contribution in [0.2, 0.25) is 19.6 Å². The molecule has 0 aromatic carbocycles. The van der Waals surface area contributed by atoms with Gasteiger partial charge < -0.3 is 20.9 Å². The van der Waals surface area contributed by atoms with Gasteiger partial charge in [-0.05, 0) is 31.4 Å². The van der Waals surface area contributed by atoms with Crippen molar-refractivity contribution in [3.05, 3.63) is 29.6 Å². The summed E-state index contributed by atoms with van der Waals surface area (Å²) in [7, 11) is -1.58. The van der Waals surface area contributed by atoms with Crippen LogP contribution in [-0.4, -0.2) is 54.4 Å². The Balaban J connectivity index is 1.94. The third kappa shape index (κ3) is 5.86. The van der Waals surface area contributed by atoms with Gasteiger partial charge in [0.2, 0.25) is 11.8 Å². The molecule has 2 rings (SSSR count). The van der Waals surface area contributed by atoms with Crippen LogP contribution in [0.3, 0.4) is 0 Å². The van der Waals surface area contributed by atoms with Crippen LogP contribution < -0.4 is 16.0 Å². The molecule has 1 fully saturated rings. The van der Waals surface area contributed by atoms with Gasteiger partial charge in [-0.3, -0.25) is 20.0 Å². The number of amides is 2. The summed E-state index contributed by atoms with van der Waals surface area (Å²) in [5.41, 5.74) is 6.61. The first-order valence-electron chi connectivity index (χ1n) is 9.23. The largest absolute Gasteiger partial charge is 0.382 e. The monoisotopic (exact) mass is 390 g/mol. The van der Waals surface area contributed by atoms with E-state index in [-0.39, 0.29) is 23.7 Å². The van der Waals surface area contributed by atoms with Crippen LogP contribution in [0.4, 0.5) is 0 Å². The van der Waals surface area contributed by atoms with E-state index in [2.05, 4.69) is 34.9 Å². The highest BCUT2D eigenvalue weighted by molar-refractivity contribution is 6.73. The smallest absolute Gasteiger partial charge is 0.243 e. The number of hydrogen-bond acceptors (Lipinski definition) is 5. The molecule has 5 N–H and O–H groups in total. The van der Waals surface area contributed by atoms with Crippen LogP contribution in [0.15, 0.2) is 18.3 Å². The first-order valence-corrected chi connectivity index (χ1v) is 12.7. The van der Waals surface area contributed by atoms with Crippen molar-refractivity contribution in [3.8, 4) is 0 Å². The van der Waals surface area contributed by atoms with Crippen molar-refractivity contribution in [2.75, 3.05) is 6.54 Å². The molecule has 1 aliphatic rings. The highest BCUT2D eigenvalue weighted by Gasteiger charge is 2.36. The zero-order valence-corrected chi connectivity index (χ0v) is 17.5. The van der Waals surface area contributed by atoms with Gasteiger partial charge in [-0.25, -0.2) is 0 Å². The maximum Gasteiger partial charge on any atom is 0.243 e. The highest BCUT2D eigenvalue weighted by Crippen LogP contribution is 2.19. The Bertz CT molecular complexity index is 701. The second kappa shape index (κ2) is 8.62. The zero-order valence-electron chi connectivity index (χ0n) is 16.5. The fraction of sp³-hybridized carbons (Fsp3) is 0.556. The molecule has 8 nitrogen and oxygen atoms in total. The molecule has 9 heteroatoms. The molecule has 1 unspecified atom stereocenters. The number of carbonyl (C=O) groups is 2. The van der Waals surface area contributed by atoms with Crippen LogP contribution in [0.1, 0.15) is 31.0 Å². The minimum atomic E-state index is -1.58. The zero-order chi connectivity index (χ0) is 20.2. The standard InChI is InChI=1S/C18H30N6O2Si/c1-12(23-27(2,3)4)18(26)24-9-5-6-15(24)17(25)22-11-13-7-8-14(16(19)20)21-10-13/h7-8,10,12,15,23H,5-6,9,11H2,1-4H3,(H3,19,20)(H,22,25)/t12?,15-/m0/s1. The number of pyridine rings is 1. The molecular weight excluding hydrogens is 360 g/mol. The average Bonchev–Trinajstić information content (AvgIpc) is 3.07. The normalized spacial score (nSPS) is 18.2. The van der Waals surface area contributed by atoms with E-state index < -0.39 is 14.3 Å². The Morgan fingerprint density at radius 3 is 2.67 bits per heavy atom. The van der Waals surface area contributed by atoms with Crippen molar-refractivity contribution in [2.24, 2.45) is 5.73 Å². The predicted molar refractivity (Wildman–Crippen MR) is 108 cm³/mol. The van der Waals surface area contributed by atoms with E-state index in [1.165, 1.54) is 0 Å². The number of hydrogen-bond donors (Lipinski definition) is 4.